The van der Waals surface area contributed by atoms with Crippen molar-refractivity contribution in [3.8, 4) is 0 Å². The summed E-state index contributed by atoms with van der Waals surface area (Å²) in [5.41, 5.74) is 0. The van der Waals surface area contributed by atoms with Crippen LogP contribution < -0.4 is 4.72 Å². The molecule has 0 amide bonds. The third-order valence-electron chi connectivity index (χ3n) is 3.10. The van der Waals surface area contributed by atoms with E-state index in [2.05, 4.69) is 9.71 Å². The van der Waals surface area contributed by atoms with E-state index in [0.29, 0.717) is 13.2 Å². The molecule has 0 radical (unpaired) electrons. The summed E-state index contributed by atoms with van der Waals surface area (Å²) in [5, 5.41) is -0.0187. The van der Waals surface area contributed by atoms with Gasteiger partial charge in [0.1, 0.15) is 5.15 Å². The first kappa shape index (κ1) is 13.8. The van der Waals surface area contributed by atoms with E-state index < -0.39 is 10.0 Å². The fourth-order valence-corrected chi connectivity index (χ4v) is 3.66. The number of imidazole rings is 1. The molecule has 0 bridgehead atoms. The number of halogens is 1. The topological polar surface area (TPSA) is 73.2 Å². The van der Waals surface area contributed by atoms with Crippen molar-refractivity contribution in [2.24, 2.45) is 13.0 Å². The maximum absolute atomic E-state index is 12.1. The second kappa shape index (κ2) is 5.16. The van der Waals surface area contributed by atoms with Crippen LogP contribution in [0.2, 0.25) is 5.15 Å². The van der Waals surface area contributed by atoms with Crippen molar-refractivity contribution in [2.75, 3.05) is 13.2 Å². The van der Waals surface area contributed by atoms with Crippen molar-refractivity contribution >= 4 is 21.6 Å². The van der Waals surface area contributed by atoms with Gasteiger partial charge in [0.25, 0.3) is 10.0 Å². The SMILES string of the molecule is CC(NS(=O)(=O)c1ncn(C)c1Cl)C1CCOC1. The predicted octanol–water partition coefficient (Wildman–Crippen LogP) is 0.777. The van der Waals surface area contributed by atoms with Crippen LogP contribution in [0.5, 0.6) is 0 Å². The maximum atomic E-state index is 12.1. The number of aromatic nitrogens is 2. The molecule has 0 aliphatic carbocycles. The second-order valence-corrected chi connectivity index (χ2v) is 6.47. The Bertz CT molecular complexity index is 522. The zero-order chi connectivity index (χ0) is 13.3. The van der Waals surface area contributed by atoms with E-state index in [9.17, 15) is 8.42 Å². The van der Waals surface area contributed by atoms with Crippen LogP contribution >= 0.6 is 11.6 Å². The molecule has 2 unspecified atom stereocenters. The van der Waals surface area contributed by atoms with Gasteiger partial charge in [0.05, 0.1) is 12.9 Å². The summed E-state index contributed by atoms with van der Waals surface area (Å²) in [5.74, 6) is 0.197. The molecule has 1 aliphatic rings. The number of nitrogens with zero attached hydrogens (tertiary/aromatic N) is 2. The van der Waals surface area contributed by atoms with Gasteiger partial charge in [-0.05, 0) is 13.3 Å². The Morgan fingerprint density at radius 2 is 2.39 bits per heavy atom. The lowest BCUT2D eigenvalue weighted by molar-refractivity contribution is 0.180. The summed E-state index contributed by atoms with van der Waals surface area (Å²) in [6.07, 6.45) is 2.24. The minimum atomic E-state index is -3.68. The summed E-state index contributed by atoms with van der Waals surface area (Å²) >= 11 is 5.89. The van der Waals surface area contributed by atoms with Gasteiger partial charge in [0.15, 0.2) is 0 Å². The Morgan fingerprint density at radius 1 is 1.67 bits per heavy atom. The number of hydrogen-bond donors (Lipinski definition) is 1. The van der Waals surface area contributed by atoms with Crippen LogP contribution in [0.1, 0.15) is 13.3 Å². The van der Waals surface area contributed by atoms with Gasteiger partial charge in [-0.25, -0.2) is 18.1 Å². The first-order valence-corrected chi connectivity index (χ1v) is 7.55. The lowest BCUT2D eigenvalue weighted by Crippen LogP contribution is -2.38. The van der Waals surface area contributed by atoms with Crippen LogP contribution in [-0.2, 0) is 21.8 Å². The maximum Gasteiger partial charge on any atom is 0.261 e. The molecule has 0 aromatic carbocycles. The van der Waals surface area contributed by atoms with Crippen molar-refractivity contribution in [2.45, 2.75) is 24.4 Å². The predicted molar refractivity (Wildman–Crippen MR) is 66.9 cm³/mol. The van der Waals surface area contributed by atoms with E-state index in [1.165, 1.54) is 10.9 Å². The minimum Gasteiger partial charge on any atom is -0.381 e. The average Bonchev–Trinajstić information content (AvgIpc) is 2.89. The molecule has 8 heteroatoms. The van der Waals surface area contributed by atoms with Gasteiger partial charge in [0.2, 0.25) is 5.03 Å². The molecular formula is C10H16ClN3O3S. The van der Waals surface area contributed by atoms with Gasteiger partial charge >= 0.3 is 0 Å². The molecule has 1 fully saturated rings. The minimum absolute atomic E-state index is 0.109. The summed E-state index contributed by atoms with van der Waals surface area (Å²) in [6, 6.07) is -0.199. The molecule has 18 heavy (non-hydrogen) atoms. The highest BCUT2D eigenvalue weighted by Crippen LogP contribution is 2.21. The highest BCUT2D eigenvalue weighted by atomic mass is 35.5. The molecular weight excluding hydrogens is 278 g/mol. The number of sulfonamides is 1. The van der Waals surface area contributed by atoms with Crippen LogP contribution in [0, 0.1) is 5.92 Å². The van der Waals surface area contributed by atoms with E-state index >= 15 is 0 Å². The first-order valence-electron chi connectivity index (χ1n) is 5.68. The molecule has 1 saturated heterocycles. The van der Waals surface area contributed by atoms with Crippen molar-refractivity contribution in [1.29, 1.82) is 0 Å². The van der Waals surface area contributed by atoms with Crippen LogP contribution in [0.4, 0.5) is 0 Å². The van der Waals surface area contributed by atoms with Crippen LogP contribution in [0.3, 0.4) is 0 Å². The normalized spacial score (nSPS) is 22.3. The number of nitrogens with one attached hydrogen (secondary N) is 1. The fraction of sp³-hybridized carbons (Fsp3) is 0.700. The number of hydrogen-bond acceptors (Lipinski definition) is 4. The fourth-order valence-electron chi connectivity index (χ4n) is 1.92. The Hall–Kier alpha value is -0.630. The van der Waals surface area contributed by atoms with E-state index in [4.69, 9.17) is 16.3 Å². The van der Waals surface area contributed by atoms with Gasteiger partial charge in [-0.2, -0.15) is 0 Å². The summed E-state index contributed by atoms with van der Waals surface area (Å²) in [6.45, 7) is 3.09. The number of aryl methyl sites for hydroxylation is 1. The molecule has 6 nitrogen and oxygen atoms in total. The van der Waals surface area contributed by atoms with Crippen molar-refractivity contribution < 1.29 is 13.2 Å². The lowest BCUT2D eigenvalue weighted by Gasteiger charge is -2.18. The van der Waals surface area contributed by atoms with Gasteiger partial charge < -0.3 is 9.30 Å². The van der Waals surface area contributed by atoms with Crippen molar-refractivity contribution in [3.05, 3.63) is 11.5 Å². The van der Waals surface area contributed by atoms with E-state index in [1.54, 1.807) is 7.05 Å². The van der Waals surface area contributed by atoms with Crippen molar-refractivity contribution in [3.63, 3.8) is 0 Å². The van der Waals surface area contributed by atoms with Crippen LogP contribution in [0.25, 0.3) is 0 Å². The monoisotopic (exact) mass is 293 g/mol. The van der Waals surface area contributed by atoms with Gasteiger partial charge in [0, 0.05) is 25.6 Å². The van der Waals surface area contributed by atoms with Crippen molar-refractivity contribution in [1.82, 2.24) is 14.3 Å². The highest BCUT2D eigenvalue weighted by Gasteiger charge is 2.29. The molecule has 2 rings (SSSR count). The third-order valence-corrected chi connectivity index (χ3v) is 5.15. The molecule has 1 aromatic rings. The van der Waals surface area contributed by atoms with E-state index in [0.717, 1.165) is 6.42 Å². The molecule has 102 valence electrons. The number of ether oxygens (including phenoxy) is 1. The third kappa shape index (κ3) is 2.69. The zero-order valence-electron chi connectivity index (χ0n) is 10.3. The molecule has 2 heterocycles. The molecule has 0 spiro atoms. The summed E-state index contributed by atoms with van der Waals surface area (Å²) < 4.78 is 33.5. The molecule has 2 atom stereocenters. The standard InChI is InChI=1S/C10H16ClN3O3S/c1-7(8-3-4-17-5-8)13-18(15,16)10-9(11)14(2)6-12-10/h6-8,13H,3-5H2,1-2H3. The molecule has 1 aromatic heterocycles. The summed E-state index contributed by atoms with van der Waals surface area (Å²) in [7, 11) is -2.03. The van der Waals surface area contributed by atoms with Crippen LogP contribution in [-0.4, -0.2) is 37.2 Å². The Morgan fingerprint density at radius 3 is 2.89 bits per heavy atom. The Kier molecular flexibility index (Phi) is 3.96. The van der Waals surface area contributed by atoms with Gasteiger partial charge in [-0.15, -0.1) is 0 Å². The van der Waals surface area contributed by atoms with Crippen LogP contribution in [0.15, 0.2) is 11.4 Å². The zero-order valence-corrected chi connectivity index (χ0v) is 11.8. The average molecular weight is 294 g/mol. The molecule has 0 saturated carbocycles. The smallest absolute Gasteiger partial charge is 0.261 e. The quantitative estimate of drug-likeness (QED) is 0.890. The molecule has 1 aliphatic heterocycles. The first-order chi connectivity index (χ1) is 8.42. The summed E-state index contributed by atoms with van der Waals surface area (Å²) in [4.78, 5) is 3.82. The van der Waals surface area contributed by atoms with Gasteiger partial charge in [-0.1, -0.05) is 11.6 Å². The Labute approximate surface area is 111 Å². The number of rotatable bonds is 4. The van der Waals surface area contributed by atoms with Gasteiger partial charge in [-0.3, -0.25) is 0 Å². The van der Waals surface area contributed by atoms with E-state index in [-0.39, 0.29) is 22.1 Å². The molecule has 1 N–H and O–H groups in total. The highest BCUT2D eigenvalue weighted by molar-refractivity contribution is 7.89. The second-order valence-electron chi connectivity index (χ2n) is 4.49. The van der Waals surface area contributed by atoms with E-state index in [1.807, 2.05) is 6.92 Å². The largest absolute Gasteiger partial charge is 0.381 e. The lowest BCUT2D eigenvalue weighted by atomic mass is 10.0. The Balaban J connectivity index is 2.14.